The Balaban J connectivity index is 0.906. The van der Waals surface area contributed by atoms with Gasteiger partial charge in [-0.25, -0.2) is 0 Å². The Morgan fingerprint density at radius 1 is 0.493 bits per heavy atom. The lowest BCUT2D eigenvalue weighted by atomic mass is 9.30. The van der Waals surface area contributed by atoms with Gasteiger partial charge in [-0.3, -0.25) is 0 Å². The van der Waals surface area contributed by atoms with Crippen molar-refractivity contribution in [2.24, 2.45) is 50.2 Å². The first-order chi connectivity index (χ1) is 35.1. The van der Waals surface area contributed by atoms with Gasteiger partial charge in [0, 0.05) is 11.3 Å². The molecule has 23 nitrogen and oxygen atoms in total. The quantitative estimate of drug-likeness (QED) is 0.0984. The third kappa shape index (κ3) is 8.45. The van der Waals surface area contributed by atoms with Gasteiger partial charge in [0.25, 0.3) is 0 Å². The summed E-state index contributed by atoms with van der Waals surface area (Å²) in [7, 11) is 0. The minimum Gasteiger partial charge on any atom is -0.394 e. The third-order valence-corrected chi connectivity index (χ3v) is 21.9. The van der Waals surface area contributed by atoms with Gasteiger partial charge < -0.3 is 114 Å². The van der Waals surface area contributed by atoms with Crippen LogP contribution in [0.3, 0.4) is 0 Å². The molecule has 0 aromatic heterocycles. The molecular formula is C52H86O23. The molecule has 10 aliphatic rings. The zero-order chi connectivity index (χ0) is 54.5. The number of rotatable bonds is 10. The van der Waals surface area contributed by atoms with Crippen molar-refractivity contribution in [1.29, 1.82) is 0 Å². The van der Waals surface area contributed by atoms with Crippen molar-refractivity contribution in [3.63, 3.8) is 0 Å². The molecule has 5 heterocycles. The molecule has 0 aromatic rings. The Morgan fingerprint density at radius 3 is 1.76 bits per heavy atom. The number of fused-ring (bicyclic) bond motifs is 4. The Morgan fingerprint density at radius 2 is 1.08 bits per heavy atom. The predicted molar refractivity (Wildman–Crippen MR) is 253 cm³/mol. The molecule has 5 saturated heterocycles. The lowest BCUT2D eigenvalue weighted by Gasteiger charge is -2.75. The van der Waals surface area contributed by atoms with Crippen LogP contribution >= 0.6 is 0 Å². The fraction of sp³-hybridized carbons (Fsp3) is 1.00. The molecule has 0 aromatic carbocycles. The molecule has 5 aliphatic carbocycles. The molecule has 75 heavy (non-hydrogen) atoms. The largest absolute Gasteiger partial charge is 0.394 e. The number of aliphatic hydroxyl groups excluding tert-OH is 14. The zero-order valence-corrected chi connectivity index (χ0v) is 44.1. The second-order valence-electron chi connectivity index (χ2n) is 26.4. The van der Waals surface area contributed by atoms with E-state index in [1.54, 1.807) is 0 Å². The molecular weight excluding hydrogens is 993 g/mol. The van der Waals surface area contributed by atoms with Crippen LogP contribution in [-0.4, -0.2) is 239 Å². The molecule has 2 bridgehead atoms. The van der Waals surface area contributed by atoms with Gasteiger partial charge in [0.05, 0.1) is 55.8 Å². The number of aliphatic hydroxyl groups is 14. The van der Waals surface area contributed by atoms with Crippen molar-refractivity contribution < 1.29 is 114 Å². The van der Waals surface area contributed by atoms with Crippen molar-refractivity contribution in [2.75, 3.05) is 26.4 Å². The smallest absolute Gasteiger partial charge is 0.187 e. The predicted octanol–water partition coefficient (Wildman–Crippen LogP) is -2.78. The highest BCUT2D eigenvalue weighted by Crippen LogP contribution is 2.81. The van der Waals surface area contributed by atoms with Crippen molar-refractivity contribution in [2.45, 2.75) is 247 Å². The molecule has 0 amide bonds. The Hall–Kier alpha value is -0.920. The summed E-state index contributed by atoms with van der Waals surface area (Å²) in [5, 5.41) is 154. The van der Waals surface area contributed by atoms with E-state index in [1.165, 1.54) is 0 Å². The Kier molecular flexibility index (Phi) is 15.2. The van der Waals surface area contributed by atoms with Gasteiger partial charge in [-0.1, -0.05) is 48.5 Å². The minimum atomic E-state index is -1.90. The van der Waals surface area contributed by atoms with Gasteiger partial charge in [-0.15, -0.1) is 0 Å². The lowest BCUT2D eigenvalue weighted by molar-refractivity contribution is -0.392. The van der Waals surface area contributed by atoms with Crippen LogP contribution in [0.25, 0.3) is 0 Å². The summed E-state index contributed by atoms with van der Waals surface area (Å²) in [5.41, 5.74) is -3.87. The van der Waals surface area contributed by atoms with Crippen molar-refractivity contribution in [3.8, 4) is 0 Å². The summed E-state index contributed by atoms with van der Waals surface area (Å²) in [6.07, 6.45) is -28.0. The molecule has 5 saturated carbocycles. The standard InChI is InChI=1S/C52H86O23/c1-46(2)14-27-51-13-9-26-48(5)11-10-30(47(3,4)25(48)8-12-49(26,6)50(51,7)16-29(57)52(27,28(56)15-46)45(66)75-51)72-43-39(74-42-38(65)35(62)32(59)22(17-53)69-42)34(61)24(20-68-43)71-44-40(36(63)33(60)23(18-54)70-44)73-41-37(64)31(58)21(55)19-67-41/h21-45,53-66H,8-20H2,1-7H3. The summed E-state index contributed by atoms with van der Waals surface area (Å²) in [4.78, 5) is 0. The lowest BCUT2D eigenvalue weighted by Crippen LogP contribution is -2.75. The van der Waals surface area contributed by atoms with Crippen molar-refractivity contribution in [3.05, 3.63) is 0 Å². The molecule has 0 radical (unpaired) electrons. The first kappa shape index (κ1) is 57.3. The summed E-state index contributed by atoms with van der Waals surface area (Å²) in [6, 6.07) is 0. The van der Waals surface area contributed by atoms with Gasteiger partial charge in [0.1, 0.15) is 85.5 Å². The van der Waals surface area contributed by atoms with Crippen LogP contribution in [-0.2, 0) is 42.6 Å². The molecule has 10 rings (SSSR count). The van der Waals surface area contributed by atoms with Crippen molar-refractivity contribution in [1.82, 2.24) is 0 Å². The fourth-order valence-corrected chi connectivity index (χ4v) is 17.7. The van der Waals surface area contributed by atoms with E-state index in [0.717, 1.165) is 25.7 Å². The molecule has 1 spiro atoms. The molecule has 30 unspecified atom stereocenters. The fourth-order valence-electron chi connectivity index (χ4n) is 17.7. The highest BCUT2D eigenvalue weighted by Gasteiger charge is 2.83. The van der Waals surface area contributed by atoms with Gasteiger partial charge >= 0.3 is 0 Å². The van der Waals surface area contributed by atoms with Crippen molar-refractivity contribution >= 4 is 0 Å². The van der Waals surface area contributed by atoms with Crippen LogP contribution in [0, 0.1) is 50.2 Å². The average molecular weight is 1080 g/mol. The highest BCUT2D eigenvalue weighted by atomic mass is 16.8. The number of hydrogen-bond donors (Lipinski definition) is 14. The minimum absolute atomic E-state index is 0.0738. The SMILES string of the molecule is CC1(C)CC(O)C23C(O)CC4(C)C5(C)CCC6C(C)(C)C(OC7OCC(OC8OC(CO)C(O)C(O)C8OC8OCC(O)C(O)C8O)C(O)C7OC7OC(CO)C(O)C(O)C7O)CCC6(C)C5CCC4(OC2O)C3C1. The molecule has 23 heteroatoms. The monoisotopic (exact) mass is 1080 g/mol. The van der Waals surface area contributed by atoms with Crippen LogP contribution in [0.15, 0.2) is 0 Å². The van der Waals surface area contributed by atoms with Crippen LogP contribution in [0.5, 0.6) is 0 Å². The first-order valence-corrected chi connectivity index (χ1v) is 27.3. The highest BCUT2D eigenvalue weighted by molar-refractivity contribution is 5.30. The van der Waals surface area contributed by atoms with Crippen LogP contribution < -0.4 is 0 Å². The maximum absolute atomic E-state index is 12.4. The van der Waals surface area contributed by atoms with E-state index in [0.29, 0.717) is 32.1 Å². The topological polar surface area (TPSA) is 366 Å². The van der Waals surface area contributed by atoms with E-state index in [4.69, 9.17) is 42.6 Å². The number of hydrogen-bond acceptors (Lipinski definition) is 23. The summed E-state index contributed by atoms with van der Waals surface area (Å²) in [5.74, 6) is -0.00691. The Bertz CT molecular complexity index is 2040. The normalized spacial score (nSPS) is 58.3. The van der Waals surface area contributed by atoms with Crippen LogP contribution in [0.2, 0.25) is 0 Å². The second kappa shape index (κ2) is 19.9. The summed E-state index contributed by atoms with van der Waals surface area (Å²) >= 11 is 0. The number of ether oxygens (including phenoxy) is 9. The molecule has 30 atom stereocenters. The van der Waals surface area contributed by atoms with Gasteiger partial charge in [0.2, 0.25) is 0 Å². The van der Waals surface area contributed by atoms with E-state index in [-0.39, 0.29) is 34.0 Å². The maximum Gasteiger partial charge on any atom is 0.187 e. The molecule has 432 valence electrons. The zero-order valence-electron chi connectivity index (χ0n) is 44.1. The van der Waals surface area contributed by atoms with Gasteiger partial charge in [0.15, 0.2) is 31.5 Å². The first-order valence-electron chi connectivity index (χ1n) is 27.3. The average Bonchev–Trinajstić information content (AvgIpc) is 3.63. The maximum atomic E-state index is 12.4. The van der Waals surface area contributed by atoms with Gasteiger partial charge in [-0.05, 0) is 91.3 Å². The van der Waals surface area contributed by atoms with E-state index in [2.05, 4.69) is 48.5 Å². The summed E-state index contributed by atoms with van der Waals surface area (Å²) < 4.78 is 55.6. The molecule has 10 fully saturated rings. The van der Waals surface area contributed by atoms with E-state index < -0.39 is 183 Å². The van der Waals surface area contributed by atoms with E-state index in [9.17, 15) is 71.5 Å². The van der Waals surface area contributed by atoms with Crippen LogP contribution in [0.1, 0.15) is 106 Å². The Labute approximate surface area is 436 Å². The third-order valence-electron chi connectivity index (χ3n) is 21.9. The molecule has 14 N–H and O–H groups in total. The van der Waals surface area contributed by atoms with E-state index in [1.807, 2.05) is 0 Å². The van der Waals surface area contributed by atoms with E-state index >= 15 is 0 Å². The second-order valence-corrected chi connectivity index (χ2v) is 26.4. The van der Waals surface area contributed by atoms with Crippen LogP contribution in [0.4, 0.5) is 0 Å². The molecule has 5 aliphatic heterocycles. The van der Waals surface area contributed by atoms with Gasteiger partial charge in [-0.2, -0.15) is 0 Å². The summed E-state index contributed by atoms with van der Waals surface area (Å²) in [6.45, 7) is 13.1.